The van der Waals surface area contributed by atoms with Crippen molar-refractivity contribution in [1.82, 2.24) is 5.32 Å². The maximum atomic E-state index is 5.92. The second-order valence-electron chi connectivity index (χ2n) is 8.13. The first kappa shape index (κ1) is 12.9. The molecule has 2 bridgehead atoms. The Hall–Kier alpha value is -0.0800. The monoisotopic (exact) mass is 251 g/mol. The van der Waals surface area contributed by atoms with Gasteiger partial charge < -0.3 is 10.1 Å². The number of hydrogen-bond donors (Lipinski definition) is 1. The van der Waals surface area contributed by atoms with E-state index in [1.165, 1.54) is 32.1 Å². The molecular formula is C16H29NO. The lowest BCUT2D eigenvalue weighted by atomic mass is 9.68. The molecule has 2 saturated carbocycles. The van der Waals surface area contributed by atoms with Gasteiger partial charge in [-0.05, 0) is 55.8 Å². The summed E-state index contributed by atoms with van der Waals surface area (Å²) in [5.41, 5.74) is 1.08. The Bertz CT molecular complexity index is 327. The Morgan fingerprint density at radius 3 is 2.50 bits per heavy atom. The molecule has 104 valence electrons. The fourth-order valence-corrected chi connectivity index (χ4v) is 5.11. The van der Waals surface area contributed by atoms with Crippen LogP contribution in [0.2, 0.25) is 0 Å². The lowest BCUT2D eigenvalue weighted by Gasteiger charge is -2.44. The van der Waals surface area contributed by atoms with Crippen LogP contribution in [0.5, 0.6) is 0 Å². The van der Waals surface area contributed by atoms with Crippen LogP contribution in [-0.2, 0) is 4.74 Å². The Balaban J connectivity index is 1.68. The average molecular weight is 251 g/mol. The molecule has 2 nitrogen and oxygen atoms in total. The molecule has 3 aliphatic rings. The molecule has 3 fully saturated rings. The number of hydrogen-bond acceptors (Lipinski definition) is 2. The molecule has 0 radical (unpaired) electrons. The normalized spacial score (nSPS) is 50.0. The fraction of sp³-hybridized carbons (Fsp3) is 1.00. The van der Waals surface area contributed by atoms with E-state index in [0.29, 0.717) is 16.9 Å². The Kier molecular flexibility index (Phi) is 2.84. The molecule has 2 unspecified atom stereocenters. The molecule has 2 heteroatoms. The summed E-state index contributed by atoms with van der Waals surface area (Å²) in [6.07, 6.45) is 6.72. The van der Waals surface area contributed by atoms with Crippen molar-refractivity contribution >= 4 is 0 Å². The largest absolute Gasteiger partial charge is 0.374 e. The van der Waals surface area contributed by atoms with E-state index in [-0.39, 0.29) is 5.60 Å². The van der Waals surface area contributed by atoms with Gasteiger partial charge >= 0.3 is 0 Å². The molecule has 4 atom stereocenters. The standard InChI is InChI=1S/C16H29NO/c1-14(2)12-6-8-15(3,10-12)13(14)17-11-16(4)7-5-9-18-16/h12-13,17H,5-11H2,1-4H3/t12-,13?,15+,16?/m0/s1. The molecule has 3 rings (SSSR count). The summed E-state index contributed by atoms with van der Waals surface area (Å²) in [6, 6.07) is 0.671. The number of rotatable bonds is 3. The van der Waals surface area contributed by atoms with E-state index in [1.807, 2.05) is 0 Å². The minimum atomic E-state index is 0.0915. The highest BCUT2D eigenvalue weighted by molar-refractivity contribution is 5.12. The van der Waals surface area contributed by atoms with Crippen molar-refractivity contribution in [2.24, 2.45) is 16.7 Å². The van der Waals surface area contributed by atoms with E-state index in [2.05, 4.69) is 33.0 Å². The van der Waals surface area contributed by atoms with E-state index < -0.39 is 0 Å². The maximum absolute atomic E-state index is 5.92. The summed E-state index contributed by atoms with van der Waals surface area (Å²) >= 11 is 0. The third-order valence-electron chi connectivity index (χ3n) is 6.25. The van der Waals surface area contributed by atoms with Crippen molar-refractivity contribution in [3.63, 3.8) is 0 Å². The van der Waals surface area contributed by atoms with Gasteiger partial charge in [-0.2, -0.15) is 0 Å². The van der Waals surface area contributed by atoms with Gasteiger partial charge in [-0.25, -0.2) is 0 Å². The number of nitrogens with one attached hydrogen (secondary N) is 1. The lowest BCUT2D eigenvalue weighted by molar-refractivity contribution is 0.00614. The van der Waals surface area contributed by atoms with Crippen LogP contribution < -0.4 is 5.32 Å². The van der Waals surface area contributed by atoms with Gasteiger partial charge in [0.15, 0.2) is 0 Å². The van der Waals surface area contributed by atoms with E-state index in [4.69, 9.17) is 4.74 Å². The summed E-state index contributed by atoms with van der Waals surface area (Å²) < 4.78 is 5.92. The van der Waals surface area contributed by atoms with Gasteiger partial charge in [0.25, 0.3) is 0 Å². The van der Waals surface area contributed by atoms with Gasteiger partial charge in [0, 0.05) is 19.2 Å². The summed E-state index contributed by atoms with van der Waals surface area (Å²) in [7, 11) is 0. The first-order valence-corrected chi connectivity index (χ1v) is 7.73. The van der Waals surface area contributed by atoms with Gasteiger partial charge in [-0.1, -0.05) is 20.8 Å². The van der Waals surface area contributed by atoms with E-state index in [1.54, 1.807) is 0 Å². The van der Waals surface area contributed by atoms with Crippen molar-refractivity contribution in [3.05, 3.63) is 0 Å². The van der Waals surface area contributed by atoms with Crippen LogP contribution in [0.4, 0.5) is 0 Å². The Morgan fingerprint density at radius 2 is 1.94 bits per heavy atom. The quantitative estimate of drug-likeness (QED) is 0.830. The number of fused-ring (bicyclic) bond motifs is 2. The maximum Gasteiger partial charge on any atom is 0.0779 e. The van der Waals surface area contributed by atoms with Gasteiger partial charge in [0.2, 0.25) is 0 Å². The lowest BCUT2D eigenvalue weighted by Crippen LogP contribution is -2.54. The van der Waals surface area contributed by atoms with Gasteiger partial charge in [0.1, 0.15) is 0 Å². The van der Waals surface area contributed by atoms with Crippen molar-refractivity contribution in [1.29, 1.82) is 0 Å². The molecule has 1 N–H and O–H groups in total. The zero-order chi connectivity index (χ0) is 13.0. The van der Waals surface area contributed by atoms with Crippen LogP contribution in [0.1, 0.15) is 59.8 Å². The highest BCUT2D eigenvalue weighted by Crippen LogP contribution is 2.62. The fourth-order valence-electron chi connectivity index (χ4n) is 5.11. The molecular weight excluding hydrogens is 222 g/mol. The van der Waals surface area contributed by atoms with Gasteiger partial charge in [-0.3, -0.25) is 0 Å². The first-order chi connectivity index (χ1) is 8.36. The predicted molar refractivity (Wildman–Crippen MR) is 74.6 cm³/mol. The molecule has 0 spiro atoms. The molecule has 18 heavy (non-hydrogen) atoms. The van der Waals surface area contributed by atoms with Crippen molar-refractivity contribution < 1.29 is 4.74 Å². The van der Waals surface area contributed by atoms with Crippen LogP contribution in [0, 0.1) is 16.7 Å². The predicted octanol–water partition coefficient (Wildman–Crippen LogP) is 3.36. The minimum absolute atomic E-state index is 0.0915. The highest BCUT2D eigenvalue weighted by atomic mass is 16.5. The molecule has 1 saturated heterocycles. The molecule has 1 heterocycles. The summed E-state index contributed by atoms with van der Waals surface area (Å²) in [6.45, 7) is 11.7. The first-order valence-electron chi connectivity index (χ1n) is 7.73. The van der Waals surface area contributed by atoms with Crippen LogP contribution in [-0.4, -0.2) is 24.8 Å². The Labute approximate surface area is 112 Å². The SMILES string of the molecule is CC1(CNC2C(C)(C)[C@H]3CC[C@]2(C)C3)CCCO1. The smallest absolute Gasteiger partial charge is 0.0779 e. The zero-order valence-corrected chi connectivity index (χ0v) is 12.5. The molecule has 0 aromatic heterocycles. The third-order valence-corrected chi connectivity index (χ3v) is 6.25. The minimum Gasteiger partial charge on any atom is -0.374 e. The topological polar surface area (TPSA) is 21.3 Å². The number of ether oxygens (including phenoxy) is 1. The van der Waals surface area contributed by atoms with E-state index >= 15 is 0 Å². The van der Waals surface area contributed by atoms with Gasteiger partial charge in [-0.15, -0.1) is 0 Å². The second-order valence-corrected chi connectivity index (χ2v) is 8.13. The molecule has 1 aliphatic heterocycles. The van der Waals surface area contributed by atoms with E-state index in [0.717, 1.165) is 19.1 Å². The molecule has 0 aromatic carbocycles. The molecule has 2 aliphatic carbocycles. The molecule has 0 aromatic rings. The van der Waals surface area contributed by atoms with Crippen LogP contribution >= 0.6 is 0 Å². The second kappa shape index (κ2) is 3.96. The highest BCUT2D eigenvalue weighted by Gasteiger charge is 2.59. The summed E-state index contributed by atoms with van der Waals surface area (Å²) in [5, 5.41) is 3.90. The van der Waals surface area contributed by atoms with Crippen LogP contribution in [0.15, 0.2) is 0 Å². The molecule has 0 amide bonds. The zero-order valence-electron chi connectivity index (χ0n) is 12.5. The van der Waals surface area contributed by atoms with E-state index in [9.17, 15) is 0 Å². The Morgan fingerprint density at radius 1 is 1.17 bits per heavy atom. The summed E-state index contributed by atoms with van der Waals surface area (Å²) in [5.74, 6) is 0.928. The van der Waals surface area contributed by atoms with Crippen molar-refractivity contribution in [2.75, 3.05) is 13.2 Å². The van der Waals surface area contributed by atoms with Gasteiger partial charge in [0.05, 0.1) is 5.60 Å². The summed E-state index contributed by atoms with van der Waals surface area (Å²) in [4.78, 5) is 0. The van der Waals surface area contributed by atoms with Crippen LogP contribution in [0.3, 0.4) is 0 Å². The average Bonchev–Trinajstić information content (AvgIpc) is 2.90. The van der Waals surface area contributed by atoms with Crippen molar-refractivity contribution in [3.8, 4) is 0 Å². The van der Waals surface area contributed by atoms with Crippen molar-refractivity contribution in [2.45, 2.75) is 71.4 Å². The third kappa shape index (κ3) is 1.84. The van der Waals surface area contributed by atoms with Crippen LogP contribution in [0.25, 0.3) is 0 Å².